The lowest BCUT2D eigenvalue weighted by atomic mass is 10.0. The van der Waals surface area contributed by atoms with Gasteiger partial charge in [-0.15, -0.1) is 0 Å². The van der Waals surface area contributed by atoms with Crippen molar-refractivity contribution in [3.63, 3.8) is 0 Å². The van der Waals surface area contributed by atoms with Gasteiger partial charge in [-0.2, -0.15) is 0 Å². The van der Waals surface area contributed by atoms with Gasteiger partial charge < -0.3 is 5.32 Å². The van der Waals surface area contributed by atoms with Gasteiger partial charge in [-0.05, 0) is 46.2 Å². The first-order chi connectivity index (χ1) is 14.0. The molecule has 1 aliphatic heterocycles. The number of sulfonamides is 1. The van der Waals surface area contributed by atoms with E-state index < -0.39 is 10.0 Å². The lowest BCUT2D eigenvalue weighted by Gasteiger charge is -2.37. The Hall–Kier alpha value is -1.96. The number of benzene rings is 3. The van der Waals surface area contributed by atoms with Crippen LogP contribution in [-0.2, 0) is 10.0 Å². The van der Waals surface area contributed by atoms with Gasteiger partial charge in [0.2, 0.25) is 10.0 Å². The van der Waals surface area contributed by atoms with Crippen LogP contribution in [0.5, 0.6) is 0 Å². The van der Waals surface area contributed by atoms with Gasteiger partial charge in [0.15, 0.2) is 0 Å². The summed E-state index contributed by atoms with van der Waals surface area (Å²) in [5.41, 5.74) is 2.24. The highest BCUT2D eigenvalue weighted by molar-refractivity contribution is 7.89. The lowest BCUT2D eigenvalue weighted by Crippen LogP contribution is -2.48. The molecule has 1 heterocycles. The first-order valence-electron chi connectivity index (χ1n) is 9.79. The zero-order valence-electron chi connectivity index (χ0n) is 15.8. The van der Waals surface area contributed by atoms with E-state index >= 15 is 0 Å². The normalized spacial score (nSPS) is 22.2. The third kappa shape index (κ3) is 3.35. The van der Waals surface area contributed by atoms with Crippen molar-refractivity contribution >= 4 is 32.4 Å². The highest BCUT2D eigenvalue weighted by Gasteiger charge is 2.40. The first kappa shape index (κ1) is 19.0. The standard InChI is InChI=1S/C22H22ClN3O2S/c23-16-7-9-17(10-8-16)29(27,28)25-21-18-5-1-3-15-4-2-6-19(20(15)18)22(21)26-13-11-24-12-14-26/h1-10,21-22,24-25H,11-14H2/t21-,22-/m0/s1. The molecule has 150 valence electrons. The molecule has 0 unspecified atom stereocenters. The molecule has 3 aromatic carbocycles. The number of nitrogens with zero attached hydrogens (tertiary/aromatic N) is 1. The summed E-state index contributed by atoms with van der Waals surface area (Å²) in [6.07, 6.45) is 0. The van der Waals surface area contributed by atoms with Crippen LogP contribution in [0.4, 0.5) is 0 Å². The molecule has 1 aliphatic carbocycles. The van der Waals surface area contributed by atoms with Gasteiger partial charge >= 0.3 is 0 Å². The Labute approximate surface area is 175 Å². The second-order valence-corrected chi connectivity index (χ2v) is 9.73. The average Bonchev–Trinajstić information content (AvgIpc) is 3.04. The minimum atomic E-state index is -3.70. The predicted octanol–water partition coefficient (Wildman–Crippen LogP) is 3.47. The van der Waals surface area contributed by atoms with Crippen LogP contribution in [0.15, 0.2) is 65.6 Å². The van der Waals surface area contributed by atoms with Crippen LogP contribution < -0.4 is 10.0 Å². The van der Waals surface area contributed by atoms with Crippen LogP contribution in [0.3, 0.4) is 0 Å². The smallest absolute Gasteiger partial charge is 0.241 e. The number of nitrogens with one attached hydrogen (secondary N) is 2. The Kier molecular flexibility index (Phi) is 4.84. The zero-order valence-corrected chi connectivity index (χ0v) is 17.4. The fourth-order valence-electron chi connectivity index (χ4n) is 4.60. The van der Waals surface area contributed by atoms with E-state index in [1.165, 1.54) is 10.9 Å². The summed E-state index contributed by atoms with van der Waals surface area (Å²) < 4.78 is 29.4. The molecule has 1 fully saturated rings. The van der Waals surface area contributed by atoms with Crippen molar-refractivity contribution < 1.29 is 8.42 Å². The molecule has 0 amide bonds. The van der Waals surface area contributed by atoms with E-state index in [9.17, 15) is 8.42 Å². The summed E-state index contributed by atoms with van der Waals surface area (Å²) in [5.74, 6) is 0. The van der Waals surface area contributed by atoms with E-state index in [0.29, 0.717) is 5.02 Å². The topological polar surface area (TPSA) is 61.4 Å². The number of piperazine rings is 1. The molecule has 0 spiro atoms. The summed E-state index contributed by atoms with van der Waals surface area (Å²) >= 11 is 5.94. The number of hydrogen-bond acceptors (Lipinski definition) is 4. The van der Waals surface area contributed by atoms with Crippen LogP contribution >= 0.6 is 11.6 Å². The summed E-state index contributed by atoms with van der Waals surface area (Å²) in [6.45, 7) is 3.57. The fourth-order valence-corrected chi connectivity index (χ4v) is 5.95. The van der Waals surface area contributed by atoms with Crippen molar-refractivity contribution in [1.29, 1.82) is 0 Å². The van der Waals surface area contributed by atoms with Crippen LogP contribution in [0, 0.1) is 0 Å². The molecule has 5 rings (SSSR count). The summed E-state index contributed by atoms with van der Waals surface area (Å²) in [4.78, 5) is 2.62. The maximum atomic E-state index is 13.2. The number of rotatable bonds is 4. The van der Waals surface area contributed by atoms with Gasteiger partial charge in [-0.3, -0.25) is 4.90 Å². The van der Waals surface area contributed by atoms with E-state index in [-0.39, 0.29) is 17.0 Å². The average molecular weight is 428 g/mol. The highest BCUT2D eigenvalue weighted by atomic mass is 35.5. The number of halogens is 1. The van der Waals surface area contributed by atoms with Gasteiger partial charge in [0.05, 0.1) is 17.0 Å². The van der Waals surface area contributed by atoms with Crippen LogP contribution in [0.2, 0.25) is 5.02 Å². The van der Waals surface area contributed by atoms with Gasteiger partial charge in [-0.25, -0.2) is 13.1 Å². The monoisotopic (exact) mass is 427 g/mol. The van der Waals surface area contributed by atoms with E-state index in [2.05, 4.69) is 39.2 Å². The van der Waals surface area contributed by atoms with Crippen LogP contribution in [-0.4, -0.2) is 39.5 Å². The molecule has 3 aromatic rings. The predicted molar refractivity (Wildman–Crippen MR) is 116 cm³/mol. The molecule has 2 aliphatic rings. The quantitative estimate of drug-likeness (QED) is 0.669. The molecule has 0 saturated carbocycles. The second kappa shape index (κ2) is 7.38. The summed E-state index contributed by atoms with van der Waals surface area (Å²) in [6, 6.07) is 18.4. The Balaban J connectivity index is 1.60. The van der Waals surface area contributed by atoms with Gasteiger partial charge in [0.1, 0.15) is 0 Å². The largest absolute Gasteiger partial charge is 0.314 e. The summed E-state index contributed by atoms with van der Waals surface area (Å²) in [5, 5.41) is 6.22. The Bertz CT molecular complexity index is 1150. The molecule has 2 atom stereocenters. The number of hydrogen-bond donors (Lipinski definition) is 2. The van der Waals surface area contributed by atoms with Gasteiger partial charge in [0.25, 0.3) is 0 Å². The molecule has 7 heteroatoms. The third-order valence-electron chi connectivity index (χ3n) is 5.89. The molecule has 0 radical (unpaired) electrons. The fraction of sp³-hybridized carbons (Fsp3) is 0.273. The van der Waals surface area contributed by atoms with Crippen LogP contribution in [0.25, 0.3) is 10.8 Å². The second-order valence-electron chi connectivity index (χ2n) is 7.58. The van der Waals surface area contributed by atoms with Gasteiger partial charge in [-0.1, -0.05) is 48.0 Å². The molecule has 5 nitrogen and oxygen atoms in total. The molecule has 1 saturated heterocycles. The van der Waals surface area contributed by atoms with E-state index in [1.807, 2.05) is 12.1 Å². The minimum Gasteiger partial charge on any atom is -0.314 e. The van der Waals surface area contributed by atoms with Crippen molar-refractivity contribution in [2.45, 2.75) is 17.0 Å². The molecular weight excluding hydrogens is 406 g/mol. The Morgan fingerprint density at radius 1 is 0.931 bits per heavy atom. The molecular formula is C22H22ClN3O2S. The van der Waals surface area contributed by atoms with Crippen molar-refractivity contribution in [3.8, 4) is 0 Å². The zero-order chi connectivity index (χ0) is 20.0. The van der Waals surface area contributed by atoms with Gasteiger partial charge in [0, 0.05) is 31.2 Å². The maximum absolute atomic E-state index is 13.2. The minimum absolute atomic E-state index is 0.0275. The first-order valence-corrected chi connectivity index (χ1v) is 11.6. The molecule has 2 N–H and O–H groups in total. The van der Waals surface area contributed by atoms with Crippen molar-refractivity contribution in [3.05, 3.63) is 76.8 Å². The van der Waals surface area contributed by atoms with E-state index in [1.54, 1.807) is 24.3 Å². The summed E-state index contributed by atoms with van der Waals surface area (Å²) in [7, 11) is -3.70. The van der Waals surface area contributed by atoms with Crippen molar-refractivity contribution in [1.82, 2.24) is 14.9 Å². The lowest BCUT2D eigenvalue weighted by molar-refractivity contribution is 0.152. The van der Waals surface area contributed by atoms with Crippen molar-refractivity contribution in [2.75, 3.05) is 26.2 Å². The van der Waals surface area contributed by atoms with E-state index in [0.717, 1.165) is 37.1 Å². The molecule has 0 aromatic heterocycles. The Morgan fingerprint density at radius 2 is 1.59 bits per heavy atom. The molecule has 0 bridgehead atoms. The van der Waals surface area contributed by atoms with Crippen molar-refractivity contribution in [2.24, 2.45) is 0 Å². The van der Waals surface area contributed by atoms with Crippen LogP contribution in [0.1, 0.15) is 23.2 Å². The van der Waals surface area contributed by atoms with E-state index in [4.69, 9.17) is 11.6 Å². The Morgan fingerprint density at radius 3 is 2.28 bits per heavy atom. The highest BCUT2D eigenvalue weighted by Crippen LogP contribution is 2.47. The SMILES string of the molecule is O=S(=O)(N[C@H]1c2cccc3cccc(c23)[C@@H]1N1CCNCC1)c1ccc(Cl)cc1. The maximum Gasteiger partial charge on any atom is 0.241 e. The third-order valence-corrected chi connectivity index (χ3v) is 7.60. The molecule has 29 heavy (non-hydrogen) atoms.